The first kappa shape index (κ1) is 21.3. The number of carbonyl (C=O) groups is 2. The zero-order valence-electron chi connectivity index (χ0n) is 17.9. The van der Waals surface area contributed by atoms with Gasteiger partial charge in [-0.25, -0.2) is 4.39 Å². The third-order valence-corrected chi connectivity index (χ3v) is 6.53. The van der Waals surface area contributed by atoms with E-state index in [9.17, 15) is 14.0 Å². The van der Waals surface area contributed by atoms with Crippen LogP contribution in [0.4, 0.5) is 4.39 Å². The van der Waals surface area contributed by atoms with Crippen molar-refractivity contribution >= 4 is 11.8 Å². The van der Waals surface area contributed by atoms with Crippen molar-refractivity contribution in [1.29, 1.82) is 0 Å². The Bertz CT molecular complexity index is 977. The molecule has 2 aromatic rings. The van der Waals surface area contributed by atoms with Crippen molar-refractivity contribution in [2.45, 2.75) is 62.9 Å². The van der Waals surface area contributed by atoms with Crippen LogP contribution in [-0.2, 0) is 22.4 Å². The van der Waals surface area contributed by atoms with Crippen molar-refractivity contribution in [1.82, 2.24) is 10.6 Å². The van der Waals surface area contributed by atoms with Crippen LogP contribution in [0.25, 0.3) is 0 Å². The van der Waals surface area contributed by atoms with Gasteiger partial charge in [-0.15, -0.1) is 0 Å². The summed E-state index contributed by atoms with van der Waals surface area (Å²) < 4.78 is 18.9. The lowest BCUT2D eigenvalue weighted by Gasteiger charge is -2.30. The largest absolute Gasteiger partial charge is 0.494 e. The van der Waals surface area contributed by atoms with E-state index in [2.05, 4.69) is 22.8 Å². The number of carbonyl (C=O) groups excluding carboxylic acids is 2. The molecule has 1 aliphatic carbocycles. The van der Waals surface area contributed by atoms with E-state index < -0.39 is 11.4 Å². The lowest BCUT2D eigenvalue weighted by atomic mass is 9.84. The maximum Gasteiger partial charge on any atom is 0.220 e. The summed E-state index contributed by atoms with van der Waals surface area (Å²) >= 11 is 0. The molecule has 2 atom stereocenters. The van der Waals surface area contributed by atoms with Crippen LogP contribution in [0.15, 0.2) is 42.5 Å². The molecule has 4 rings (SSSR count). The third kappa shape index (κ3) is 4.89. The van der Waals surface area contributed by atoms with Crippen LogP contribution < -0.4 is 15.4 Å². The van der Waals surface area contributed by atoms with E-state index in [-0.39, 0.29) is 23.6 Å². The van der Waals surface area contributed by atoms with Gasteiger partial charge in [0.15, 0.2) is 11.6 Å². The monoisotopic (exact) mass is 424 g/mol. The van der Waals surface area contributed by atoms with E-state index in [1.54, 1.807) is 12.1 Å². The van der Waals surface area contributed by atoms with Gasteiger partial charge < -0.3 is 15.4 Å². The number of amides is 2. The van der Waals surface area contributed by atoms with Crippen molar-refractivity contribution in [3.63, 3.8) is 0 Å². The van der Waals surface area contributed by atoms with Crippen molar-refractivity contribution in [3.05, 3.63) is 65.0 Å². The minimum Gasteiger partial charge on any atom is -0.494 e. The maximum atomic E-state index is 13.8. The van der Waals surface area contributed by atoms with E-state index in [4.69, 9.17) is 4.74 Å². The summed E-state index contributed by atoms with van der Waals surface area (Å²) in [6.45, 7) is 0. The Morgan fingerprint density at radius 2 is 2.10 bits per heavy atom. The Morgan fingerprint density at radius 3 is 2.87 bits per heavy atom. The van der Waals surface area contributed by atoms with Crippen molar-refractivity contribution < 1.29 is 18.7 Å². The standard InChI is InChI=1S/C25H29FN2O3/c1-31-22-15-17(9-10-20(22)26)16-25(14-12-24(30)28-25)13-11-23(29)27-21-8-4-6-18-5-2-3-7-19(18)21/h2-3,5,7,9-10,15,21H,4,6,8,11-14,16H2,1H3,(H,27,29)(H,28,30)/t21-,25-/m1/s1. The van der Waals surface area contributed by atoms with Crippen LogP contribution in [0.2, 0.25) is 0 Å². The second-order valence-electron chi connectivity index (χ2n) is 8.69. The Labute approximate surface area is 182 Å². The van der Waals surface area contributed by atoms with Gasteiger partial charge in [-0.2, -0.15) is 0 Å². The van der Waals surface area contributed by atoms with Gasteiger partial charge in [0.05, 0.1) is 13.2 Å². The Kier molecular flexibility index (Phi) is 6.25. The first-order valence-corrected chi connectivity index (χ1v) is 11.0. The molecular formula is C25H29FN2O3. The van der Waals surface area contributed by atoms with Crippen LogP contribution in [0.5, 0.6) is 5.75 Å². The van der Waals surface area contributed by atoms with Crippen LogP contribution in [0.1, 0.15) is 61.3 Å². The summed E-state index contributed by atoms with van der Waals surface area (Å²) in [6.07, 6.45) is 5.57. The van der Waals surface area contributed by atoms with Crippen molar-refractivity contribution in [3.8, 4) is 5.75 Å². The summed E-state index contributed by atoms with van der Waals surface area (Å²) in [5.74, 6) is -0.233. The lowest BCUT2D eigenvalue weighted by Crippen LogP contribution is -2.44. The van der Waals surface area contributed by atoms with Gasteiger partial charge >= 0.3 is 0 Å². The fraction of sp³-hybridized carbons (Fsp3) is 0.440. The molecule has 164 valence electrons. The van der Waals surface area contributed by atoms with E-state index in [0.717, 1.165) is 24.8 Å². The molecule has 0 unspecified atom stereocenters. The predicted molar refractivity (Wildman–Crippen MR) is 116 cm³/mol. The molecule has 6 heteroatoms. The molecular weight excluding hydrogens is 395 g/mol. The first-order valence-electron chi connectivity index (χ1n) is 11.0. The molecule has 5 nitrogen and oxygen atoms in total. The molecule has 0 bridgehead atoms. The van der Waals surface area contributed by atoms with Gasteiger partial charge in [-0.3, -0.25) is 9.59 Å². The van der Waals surface area contributed by atoms with Gasteiger partial charge in [0, 0.05) is 18.4 Å². The zero-order chi connectivity index (χ0) is 21.8. The highest BCUT2D eigenvalue weighted by Crippen LogP contribution is 2.32. The van der Waals surface area contributed by atoms with Gasteiger partial charge in [0.1, 0.15) is 0 Å². The molecule has 1 saturated heterocycles. The fourth-order valence-corrected chi connectivity index (χ4v) is 4.91. The number of hydrogen-bond acceptors (Lipinski definition) is 3. The molecule has 2 aromatic carbocycles. The number of fused-ring (bicyclic) bond motifs is 1. The minimum atomic E-state index is -0.498. The molecule has 2 amide bonds. The molecule has 1 aliphatic heterocycles. The molecule has 0 saturated carbocycles. The van der Waals surface area contributed by atoms with Crippen LogP contribution in [0, 0.1) is 5.82 Å². The molecule has 0 radical (unpaired) electrons. The fourth-order valence-electron chi connectivity index (χ4n) is 4.91. The number of rotatable bonds is 7. The molecule has 1 fully saturated rings. The molecule has 2 N–H and O–H groups in total. The molecule has 0 spiro atoms. The molecule has 1 heterocycles. The third-order valence-electron chi connectivity index (χ3n) is 6.53. The smallest absolute Gasteiger partial charge is 0.220 e. The van der Waals surface area contributed by atoms with Crippen LogP contribution >= 0.6 is 0 Å². The van der Waals surface area contributed by atoms with Crippen molar-refractivity contribution in [2.24, 2.45) is 0 Å². The number of aryl methyl sites for hydroxylation is 1. The number of nitrogens with one attached hydrogen (secondary N) is 2. The Morgan fingerprint density at radius 1 is 1.26 bits per heavy atom. The van der Waals surface area contributed by atoms with E-state index in [0.29, 0.717) is 32.1 Å². The highest BCUT2D eigenvalue weighted by molar-refractivity contribution is 5.80. The van der Waals surface area contributed by atoms with Gasteiger partial charge in [0.2, 0.25) is 11.8 Å². The van der Waals surface area contributed by atoms with Crippen LogP contribution in [0.3, 0.4) is 0 Å². The quantitative estimate of drug-likeness (QED) is 0.706. The van der Waals surface area contributed by atoms with E-state index in [1.807, 2.05) is 12.1 Å². The molecule has 0 aromatic heterocycles. The zero-order valence-corrected chi connectivity index (χ0v) is 17.9. The second kappa shape index (κ2) is 9.08. The number of ether oxygens (including phenoxy) is 1. The van der Waals surface area contributed by atoms with Crippen LogP contribution in [-0.4, -0.2) is 24.5 Å². The summed E-state index contributed by atoms with van der Waals surface area (Å²) in [5, 5.41) is 6.28. The normalized spacial score (nSPS) is 22.5. The number of hydrogen-bond donors (Lipinski definition) is 2. The topological polar surface area (TPSA) is 67.4 Å². The SMILES string of the molecule is COc1cc(C[C@@]2(CCC(=O)N[C@@H]3CCCc4ccccc43)CCC(=O)N2)ccc1F. The minimum absolute atomic E-state index is 0.00101. The summed E-state index contributed by atoms with van der Waals surface area (Å²) in [4.78, 5) is 24.8. The molecule has 2 aliphatic rings. The summed E-state index contributed by atoms with van der Waals surface area (Å²) in [7, 11) is 1.43. The average molecular weight is 425 g/mol. The lowest BCUT2D eigenvalue weighted by molar-refractivity contribution is -0.123. The highest BCUT2D eigenvalue weighted by atomic mass is 19.1. The number of halogens is 1. The summed E-state index contributed by atoms with van der Waals surface area (Å²) in [5.41, 5.74) is 2.90. The van der Waals surface area contributed by atoms with Crippen molar-refractivity contribution in [2.75, 3.05) is 7.11 Å². The van der Waals surface area contributed by atoms with E-state index >= 15 is 0 Å². The van der Waals surface area contributed by atoms with Gasteiger partial charge in [-0.05, 0) is 67.3 Å². The molecule has 31 heavy (non-hydrogen) atoms. The highest BCUT2D eigenvalue weighted by Gasteiger charge is 2.38. The second-order valence-corrected chi connectivity index (χ2v) is 8.69. The average Bonchev–Trinajstić information content (AvgIpc) is 3.14. The summed E-state index contributed by atoms with van der Waals surface area (Å²) in [6, 6.07) is 13.1. The number of benzene rings is 2. The van der Waals surface area contributed by atoms with Gasteiger partial charge in [-0.1, -0.05) is 30.3 Å². The van der Waals surface area contributed by atoms with E-state index in [1.165, 1.54) is 24.3 Å². The predicted octanol–water partition coefficient (Wildman–Crippen LogP) is 4.00. The Balaban J connectivity index is 1.42. The number of methoxy groups -OCH3 is 1. The van der Waals surface area contributed by atoms with Gasteiger partial charge in [0.25, 0.3) is 0 Å². The Hall–Kier alpha value is -2.89. The maximum absolute atomic E-state index is 13.8. The first-order chi connectivity index (χ1) is 15.0.